The van der Waals surface area contributed by atoms with Crippen LogP contribution in [0.1, 0.15) is 23.7 Å². The molecule has 1 unspecified atom stereocenters. The number of pyridine rings is 1. The zero-order valence-electron chi connectivity index (χ0n) is 16.5. The highest BCUT2D eigenvalue weighted by Gasteiger charge is 2.24. The fourth-order valence-corrected chi connectivity index (χ4v) is 3.46. The zero-order chi connectivity index (χ0) is 20.9. The topological polar surface area (TPSA) is 81.0 Å². The Morgan fingerprint density at radius 3 is 2.50 bits per heavy atom. The lowest BCUT2D eigenvalue weighted by Crippen LogP contribution is -2.34. The molecule has 0 fully saturated rings. The predicted molar refractivity (Wildman–Crippen MR) is 114 cm³/mol. The summed E-state index contributed by atoms with van der Waals surface area (Å²) in [5.74, 6) is -0.114. The van der Waals surface area contributed by atoms with Crippen molar-refractivity contribution >= 4 is 16.8 Å². The Hall–Kier alpha value is -3.87. The molecule has 4 aromatic rings. The molecule has 7 nitrogen and oxygen atoms in total. The maximum absolute atomic E-state index is 13.0. The van der Waals surface area contributed by atoms with Crippen molar-refractivity contribution in [2.45, 2.75) is 19.0 Å². The van der Waals surface area contributed by atoms with Crippen molar-refractivity contribution < 1.29 is 4.79 Å². The SMILES string of the molecule is CN(C(=O)CCn1nnc2ccccc2c1=O)C(c1ccccc1)c1ccccn1. The van der Waals surface area contributed by atoms with Crippen molar-refractivity contribution in [1.29, 1.82) is 0 Å². The maximum Gasteiger partial charge on any atom is 0.277 e. The van der Waals surface area contributed by atoms with E-state index in [2.05, 4.69) is 15.3 Å². The molecular formula is C23H21N5O2. The molecule has 1 amide bonds. The van der Waals surface area contributed by atoms with Gasteiger partial charge in [0.1, 0.15) is 5.52 Å². The minimum absolute atomic E-state index is 0.114. The number of aromatic nitrogens is 4. The van der Waals surface area contributed by atoms with Crippen molar-refractivity contribution in [3.8, 4) is 0 Å². The van der Waals surface area contributed by atoms with E-state index in [-0.39, 0.29) is 30.5 Å². The van der Waals surface area contributed by atoms with E-state index < -0.39 is 0 Å². The van der Waals surface area contributed by atoms with E-state index in [1.807, 2.05) is 48.5 Å². The van der Waals surface area contributed by atoms with Gasteiger partial charge in [-0.05, 0) is 29.8 Å². The van der Waals surface area contributed by atoms with Gasteiger partial charge in [0.05, 0.1) is 23.7 Å². The molecule has 0 aliphatic carbocycles. The number of benzene rings is 2. The van der Waals surface area contributed by atoms with Gasteiger partial charge in [0.2, 0.25) is 5.91 Å². The third-order valence-electron chi connectivity index (χ3n) is 5.03. The standard InChI is InChI=1S/C23H21N5O2/c1-27(22(17-9-3-2-4-10-17)20-13-7-8-15-24-20)21(29)14-16-28-23(30)18-11-5-6-12-19(18)25-26-28/h2-13,15,22H,14,16H2,1H3. The fourth-order valence-electron chi connectivity index (χ4n) is 3.46. The van der Waals surface area contributed by atoms with Gasteiger partial charge in [0.15, 0.2) is 0 Å². The van der Waals surface area contributed by atoms with Crippen molar-refractivity contribution in [1.82, 2.24) is 24.9 Å². The first-order chi connectivity index (χ1) is 14.6. The average Bonchev–Trinajstić information content (AvgIpc) is 2.80. The van der Waals surface area contributed by atoms with E-state index in [1.54, 1.807) is 42.4 Å². The second-order valence-electron chi connectivity index (χ2n) is 6.96. The van der Waals surface area contributed by atoms with Gasteiger partial charge in [-0.25, -0.2) is 4.68 Å². The molecule has 0 N–H and O–H groups in total. The number of amides is 1. The van der Waals surface area contributed by atoms with E-state index in [9.17, 15) is 9.59 Å². The van der Waals surface area contributed by atoms with Crippen LogP contribution in [-0.4, -0.2) is 37.8 Å². The van der Waals surface area contributed by atoms with Crippen LogP contribution in [0.25, 0.3) is 10.9 Å². The number of hydrogen-bond donors (Lipinski definition) is 0. The number of carbonyl (C=O) groups is 1. The summed E-state index contributed by atoms with van der Waals surface area (Å²) >= 11 is 0. The molecule has 0 spiro atoms. The Morgan fingerprint density at radius 2 is 1.73 bits per heavy atom. The summed E-state index contributed by atoms with van der Waals surface area (Å²) in [7, 11) is 1.75. The fraction of sp³-hybridized carbons (Fsp3) is 0.174. The first-order valence-electron chi connectivity index (χ1n) is 9.69. The van der Waals surface area contributed by atoms with E-state index in [0.29, 0.717) is 10.9 Å². The number of nitrogens with zero attached hydrogens (tertiary/aromatic N) is 5. The minimum Gasteiger partial charge on any atom is -0.333 e. The normalized spacial score (nSPS) is 11.9. The van der Waals surface area contributed by atoms with Gasteiger partial charge in [0.25, 0.3) is 5.56 Å². The number of hydrogen-bond acceptors (Lipinski definition) is 5. The van der Waals surface area contributed by atoms with Crippen LogP contribution in [0.2, 0.25) is 0 Å². The summed E-state index contributed by atoms with van der Waals surface area (Å²) in [6.07, 6.45) is 1.84. The summed E-state index contributed by atoms with van der Waals surface area (Å²) in [6, 6.07) is 22.1. The van der Waals surface area contributed by atoms with E-state index in [4.69, 9.17) is 0 Å². The van der Waals surface area contributed by atoms with E-state index in [0.717, 1.165) is 11.3 Å². The smallest absolute Gasteiger partial charge is 0.277 e. The van der Waals surface area contributed by atoms with Crippen LogP contribution in [0, 0.1) is 0 Å². The molecule has 0 aliphatic rings. The second-order valence-corrected chi connectivity index (χ2v) is 6.96. The minimum atomic E-state index is -0.320. The monoisotopic (exact) mass is 399 g/mol. The van der Waals surface area contributed by atoms with Gasteiger partial charge in [-0.2, -0.15) is 0 Å². The molecule has 150 valence electrons. The Balaban J connectivity index is 1.56. The third kappa shape index (κ3) is 3.96. The molecule has 4 rings (SSSR count). The summed E-state index contributed by atoms with van der Waals surface area (Å²) < 4.78 is 1.24. The first-order valence-corrected chi connectivity index (χ1v) is 9.69. The van der Waals surface area contributed by atoms with Crippen molar-refractivity contribution in [2.75, 3.05) is 7.05 Å². The molecule has 0 saturated carbocycles. The highest BCUT2D eigenvalue weighted by atomic mass is 16.2. The highest BCUT2D eigenvalue weighted by Crippen LogP contribution is 2.26. The Kier molecular flexibility index (Phi) is 5.61. The van der Waals surface area contributed by atoms with Crippen LogP contribution in [0.4, 0.5) is 0 Å². The molecule has 2 heterocycles. The molecule has 2 aromatic heterocycles. The van der Waals surface area contributed by atoms with Crippen LogP contribution in [0.15, 0.2) is 83.8 Å². The van der Waals surface area contributed by atoms with E-state index in [1.165, 1.54) is 4.68 Å². The summed E-state index contributed by atoms with van der Waals surface area (Å²) in [5.41, 5.74) is 2.04. The van der Waals surface area contributed by atoms with Crippen LogP contribution >= 0.6 is 0 Å². The van der Waals surface area contributed by atoms with Gasteiger partial charge in [-0.3, -0.25) is 14.6 Å². The lowest BCUT2D eigenvalue weighted by Gasteiger charge is -2.28. The van der Waals surface area contributed by atoms with Gasteiger partial charge in [-0.15, -0.1) is 5.10 Å². The molecule has 0 bridgehead atoms. The molecule has 0 aliphatic heterocycles. The van der Waals surface area contributed by atoms with Crippen molar-refractivity contribution in [3.63, 3.8) is 0 Å². The summed E-state index contributed by atoms with van der Waals surface area (Å²) in [6.45, 7) is 0.156. The molecular weight excluding hydrogens is 378 g/mol. The summed E-state index contributed by atoms with van der Waals surface area (Å²) in [5, 5.41) is 8.53. The first kappa shape index (κ1) is 19.4. The Labute approximate surface area is 173 Å². The van der Waals surface area contributed by atoms with Gasteiger partial charge in [0, 0.05) is 19.7 Å². The third-order valence-corrected chi connectivity index (χ3v) is 5.03. The quantitative estimate of drug-likeness (QED) is 0.498. The highest BCUT2D eigenvalue weighted by molar-refractivity contribution is 5.77. The molecule has 7 heteroatoms. The van der Waals surface area contributed by atoms with Crippen molar-refractivity contribution in [3.05, 3.63) is 101 Å². The number of aryl methyl sites for hydroxylation is 1. The van der Waals surface area contributed by atoms with Gasteiger partial charge < -0.3 is 4.90 Å². The van der Waals surface area contributed by atoms with Crippen LogP contribution in [0.5, 0.6) is 0 Å². The number of rotatable bonds is 6. The Bertz CT molecular complexity index is 1170. The second kappa shape index (κ2) is 8.65. The molecule has 1 atom stereocenters. The summed E-state index contributed by atoms with van der Waals surface area (Å²) in [4.78, 5) is 31.7. The zero-order valence-corrected chi connectivity index (χ0v) is 16.5. The number of fused-ring (bicyclic) bond motifs is 1. The van der Waals surface area contributed by atoms with Crippen LogP contribution in [-0.2, 0) is 11.3 Å². The number of carbonyl (C=O) groups excluding carboxylic acids is 1. The molecule has 2 aromatic carbocycles. The van der Waals surface area contributed by atoms with Gasteiger partial charge >= 0.3 is 0 Å². The average molecular weight is 399 g/mol. The van der Waals surface area contributed by atoms with Crippen molar-refractivity contribution in [2.24, 2.45) is 0 Å². The lowest BCUT2D eigenvalue weighted by molar-refractivity contribution is -0.131. The predicted octanol–water partition coefficient (Wildman–Crippen LogP) is 2.82. The largest absolute Gasteiger partial charge is 0.333 e. The lowest BCUT2D eigenvalue weighted by atomic mass is 10.0. The van der Waals surface area contributed by atoms with E-state index >= 15 is 0 Å². The van der Waals surface area contributed by atoms with Crippen LogP contribution in [0.3, 0.4) is 0 Å². The molecule has 0 saturated heterocycles. The maximum atomic E-state index is 13.0. The Morgan fingerprint density at radius 1 is 1.00 bits per heavy atom. The van der Waals surface area contributed by atoms with Crippen LogP contribution < -0.4 is 5.56 Å². The van der Waals surface area contributed by atoms with Gasteiger partial charge in [-0.1, -0.05) is 53.7 Å². The molecule has 30 heavy (non-hydrogen) atoms. The molecule has 0 radical (unpaired) electrons.